The van der Waals surface area contributed by atoms with E-state index < -0.39 is 0 Å². The minimum Gasteiger partial charge on any atom is -0.483 e. The zero-order chi connectivity index (χ0) is 17.8. The zero-order valence-corrected chi connectivity index (χ0v) is 15.7. The second-order valence-electron chi connectivity index (χ2n) is 4.91. The molecule has 9 heteroatoms. The first-order valence-electron chi connectivity index (χ1n) is 7.05. The number of ether oxygens (including phenoxy) is 1. The predicted octanol–water partition coefficient (Wildman–Crippen LogP) is 4.35. The smallest absolute Gasteiger partial charge is 0.262 e. The van der Waals surface area contributed by atoms with Gasteiger partial charge < -0.3 is 10.1 Å². The number of hydrogen-bond donors (Lipinski definition) is 1. The molecule has 0 unspecified atom stereocenters. The Morgan fingerprint density at radius 3 is 2.68 bits per heavy atom. The molecule has 128 valence electrons. The molecule has 6 nitrogen and oxygen atoms in total. The van der Waals surface area contributed by atoms with Crippen LogP contribution in [0.25, 0.3) is 5.69 Å². The Morgan fingerprint density at radius 1 is 1.20 bits per heavy atom. The lowest BCUT2D eigenvalue weighted by Crippen LogP contribution is -2.21. The van der Waals surface area contributed by atoms with E-state index in [2.05, 4.69) is 31.3 Å². The highest BCUT2D eigenvalue weighted by Crippen LogP contribution is 2.28. The van der Waals surface area contributed by atoms with Crippen LogP contribution in [0.5, 0.6) is 5.75 Å². The van der Waals surface area contributed by atoms with Gasteiger partial charge in [0.15, 0.2) is 6.61 Å². The Labute approximate surface area is 161 Å². The number of carbonyl (C=O) groups excluding carboxylic acids is 1. The summed E-state index contributed by atoms with van der Waals surface area (Å²) in [6.45, 7) is -0.177. The molecular weight excluding hydrogens is 431 g/mol. The minimum atomic E-state index is -0.342. The Kier molecular flexibility index (Phi) is 5.57. The van der Waals surface area contributed by atoms with Gasteiger partial charge >= 0.3 is 0 Å². The molecule has 3 aromatic rings. The van der Waals surface area contributed by atoms with Crippen molar-refractivity contribution in [2.75, 3.05) is 11.9 Å². The van der Waals surface area contributed by atoms with Crippen molar-refractivity contribution in [1.29, 1.82) is 0 Å². The number of halogens is 3. The van der Waals surface area contributed by atoms with Crippen LogP contribution in [-0.4, -0.2) is 27.3 Å². The molecule has 2 aromatic carbocycles. The van der Waals surface area contributed by atoms with Gasteiger partial charge in [0.2, 0.25) is 0 Å². The Hall–Kier alpha value is -2.09. The largest absolute Gasteiger partial charge is 0.483 e. The molecule has 1 amide bonds. The van der Waals surface area contributed by atoms with Crippen molar-refractivity contribution in [3.63, 3.8) is 0 Å². The van der Waals surface area contributed by atoms with E-state index in [0.29, 0.717) is 31.6 Å². The summed E-state index contributed by atoms with van der Waals surface area (Å²) in [7, 11) is 0. The molecule has 0 fully saturated rings. The van der Waals surface area contributed by atoms with Gasteiger partial charge in [0.1, 0.15) is 18.4 Å². The summed E-state index contributed by atoms with van der Waals surface area (Å²) in [5.41, 5.74) is 1.14. The van der Waals surface area contributed by atoms with Crippen LogP contribution in [0.15, 0.2) is 53.5 Å². The highest BCUT2D eigenvalue weighted by Gasteiger charge is 2.11. The number of benzene rings is 2. The van der Waals surface area contributed by atoms with E-state index in [9.17, 15) is 4.79 Å². The number of aromatic nitrogens is 3. The molecule has 25 heavy (non-hydrogen) atoms. The third-order valence-electron chi connectivity index (χ3n) is 3.15. The second-order valence-corrected chi connectivity index (χ2v) is 6.64. The lowest BCUT2D eigenvalue weighted by molar-refractivity contribution is -0.118. The molecule has 0 radical (unpaired) electrons. The van der Waals surface area contributed by atoms with E-state index in [1.165, 1.54) is 17.3 Å². The summed E-state index contributed by atoms with van der Waals surface area (Å²) in [5.74, 6) is 0.174. The average molecular weight is 442 g/mol. The van der Waals surface area contributed by atoms with Crippen molar-refractivity contribution < 1.29 is 9.53 Å². The van der Waals surface area contributed by atoms with Crippen molar-refractivity contribution in [1.82, 2.24) is 14.8 Å². The molecule has 0 aliphatic heterocycles. The molecule has 0 saturated heterocycles. The number of carbonyl (C=O) groups is 1. The van der Waals surface area contributed by atoms with Gasteiger partial charge in [-0.15, -0.1) is 0 Å². The first-order chi connectivity index (χ1) is 12.0. The van der Waals surface area contributed by atoms with Gasteiger partial charge in [0.25, 0.3) is 5.91 Å². The van der Waals surface area contributed by atoms with Crippen LogP contribution in [0.1, 0.15) is 0 Å². The van der Waals surface area contributed by atoms with Crippen molar-refractivity contribution in [2.45, 2.75) is 0 Å². The molecule has 1 N–H and O–H groups in total. The molecule has 0 bridgehead atoms. The van der Waals surface area contributed by atoms with E-state index in [0.717, 1.165) is 0 Å². The Bertz CT molecular complexity index is 903. The number of hydrogen-bond acceptors (Lipinski definition) is 4. The van der Waals surface area contributed by atoms with Crippen molar-refractivity contribution >= 4 is 50.7 Å². The summed E-state index contributed by atoms with van der Waals surface area (Å²) < 4.78 is 7.70. The van der Waals surface area contributed by atoms with Crippen LogP contribution in [0.2, 0.25) is 10.0 Å². The average Bonchev–Trinajstić information content (AvgIpc) is 3.08. The maximum atomic E-state index is 12.2. The predicted molar refractivity (Wildman–Crippen MR) is 99.6 cm³/mol. The Balaban J connectivity index is 1.72. The molecule has 0 aliphatic rings. The summed E-state index contributed by atoms with van der Waals surface area (Å²) in [5, 5.41) is 7.88. The number of rotatable bonds is 5. The fourth-order valence-electron chi connectivity index (χ4n) is 2.06. The van der Waals surface area contributed by atoms with Crippen LogP contribution >= 0.6 is 39.1 Å². The van der Waals surface area contributed by atoms with Gasteiger partial charge in [-0.05, 0) is 52.3 Å². The molecule has 0 atom stereocenters. The van der Waals surface area contributed by atoms with Crippen molar-refractivity contribution in [3.8, 4) is 11.4 Å². The number of amides is 1. The van der Waals surface area contributed by atoms with Crippen molar-refractivity contribution in [3.05, 3.63) is 63.6 Å². The summed E-state index contributed by atoms with van der Waals surface area (Å²) in [6.07, 6.45) is 2.93. The fourth-order valence-corrected chi connectivity index (χ4v) is 3.03. The molecule has 0 spiro atoms. The molecule has 0 aliphatic carbocycles. The van der Waals surface area contributed by atoms with Crippen LogP contribution in [0.4, 0.5) is 5.69 Å². The standard InChI is InChI=1S/C16H11BrCl2N4O2/c17-12-5-10(18)2-4-15(12)25-7-16(24)22-13-6-11(19)1-3-14(13)23-9-20-8-21-23/h1-6,8-9H,7H2,(H,22,24). The van der Waals surface area contributed by atoms with Crippen LogP contribution in [-0.2, 0) is 4.79 Å². The topological polar surface area (TPSA) is 69.0 Å². The zero-order valence-electron chi connectivity index (χ0n) is 12.6. The van der Waals surface area contributed by atoms with Crippen LogP contribution in [0.3, 0.4) is 0 Å². The van der Waals surface area contributed by atoms with Gasteiger partial charge in [-0.2, -0.15) is 5.10 Å². The van der Waals surface area contributed by atoms with Crippen LogP contribution in [0, 0.1) is 0 Å². The maximum Gasteiger partial charge on any atom is 0.262 e. The van der Waals surface area contributed by atoms with Gasteiger partial charge in [0.05, 0.1) is 15.8 Å². The minimum absolute atomic E-state index is 0.177. The summed E-state index contributed by atoms with van der Waals surface area (Å²) in [4.78, 5) is 16.1. The number of nitrogens with one attached hydrogen (secondary N) is 1. The monoisotopic (exact) mass is 440 g/mol. The SMILES string of the molecule is O=C(COc1ccc(Cl)cc1Br)Nc1cc(Cl)ccc1-n1cncn1. The molecule has 1 heterocycles. The third kappa shape index (κ3) is 4.50. The van der Waals surface area contributed by atoms with E-state index in [4.69, 9.17) is 27.9 Å². The van der Waals surface area contributed by atoms with Gasteiger partial charge in [-0.25, -0.2) is 9.67 Å². The first kappa shape index (κ1) is 17.7. The summed E-state index contributed by atoms with van der Waals surface area (Å²) >= 11 is 15.2. The summed E-state index contributed by atoms with van der Waals surface area (Å²) in [6, 6.07) is 10.1. The highest BCUT2D eigenvalue weighted by atomic mass is 79.9. The first-order valence-corrected chi connectivity index (χ1v) is 8.60. The fraction of sp³-hybridized carbons (Fsp3) is 0.0625. The van der Waals surface area contributed by atoms with Crippen LogP contribution < -0.4 is 10.1 Å². The van der Waals surface area contributed by atoms with Gasteiger partial charge in [-0.1, -0.05) is 23.2 Å². The van der Waals surface area contributed by atoms with Gasteiger partial charge in [0, 0.05) is 10.0 Å². The van der Waals surface area contributed by atoms with Gasteiger partial charge in [-0.3, -0.25) is 4.79 Å². The van der Waals surface area contributed by atoms with E-state index in [1.807, 2.05) is 0 Å². The maximum absolute atomic E-state index is 12.2. The van der Waals surface area contributed by atoms with E-state index >= 15 is 0 Å². The lowest BCUT2D eigenvalue weighted by Gasteiger charge is -2.12. The highest BCUT2D eigenvalue weighted by molar-refractivity contribution is 9.10. The third-order valence-corrected chi connectivity index (χ3v) is 4.24. The van der Waals surface area contributed by atoms with Crippen molar-refractivity contribution in [2.24, 2.45) is 0 Å². The molecule has 0 saturated carbocycles. The van der Waals surface area contributed by atoms with E-state index in [1.54, 1.807) is 36.4 Å². The molecule has 1 aromatic heterocycles. The number of nitrogens with zero attached hydrogens (tertiary/aromatic N) is 3. The lowest BCUT2D eigenvalue weighted by atomic mass is 10.2. The molecule has 3 rings (SSSR count). The number of anilines is 1. The molecular formula is C16H11BrCl2N4O2. The quantitative estimate of drug-likeness (QED) is 0.638. The van der Waals surface area contributed by atoms with E-state index in [-0.39, 0.29) is 12.5 Å². The Morgan fingerprint density at radius 2 is 1.96 bits per heavy atom. The second kappa shape index (κ2) is 7.86. The normalized spacial score (nSPS) is 10.5.